The van der Waals surface area contributed by atoms with Crippen molar-refractivity contribution in [3.63, 3.8) is 0 Å². The number of hydrogen-bond donors (Lipinski definition) is 4. The van der Waals surface area contributed by atoms with Gasteiger partial charge in [0.2, 0.25) is 0 Å². The molecule has 0 spiro atoms. The summed E-state index contributed by atoms with van der Waals surface area (Å²) < 4.78 is 0. The summed E-state index contributed by atoms with van der Waals surface area (Å²) in [5.74, 6) is -0.595. The Labute approximate surface area is 165 Å². The molecule has 6 heteroatoms. The van der Waals surface area contributed by atoms with Crippen LogP contribution in [0.15, 0.2) is 48.5 Å². The first-order valence-electron chi connectivity index (χ1n) is 9.57. The normalized spacial score (nSPS) is 12.9. The molecular weight excluding hydrogens is 356 g/mol. The van der Waals surface area contributed by atoms with Crippen LogP contribution in [-0.4, -0.2) is 47.3 Å². The van der Waals surface area contributed by atoms with Gasteiger partial charge in [-0.3, -0.25) is 9.59 Å². The van der Waals surface area contributed by atoms with Crippen molar-refractivity contribution in [1.82, 2.24) is 10.6 Å². The Kier molecular flexibility index (Phi) is 8.17. The fourth-order valence-corrected chi connectivity index (χ4v) is 2.91. The Morgan fingerprint density at radius 2 is 1.11 bits per heavy atom. The lowest BCUT2D eigenvalue weighted by Crippen LogP contribution is -2.37. The van der Waals surface area contributed by atoms with Gasteiger partial charge in [0.15, 0.2) is 0 Å². The summed E-state index contributed by atoms with van der Waals surface area (Å²) in [5, 5.41) is 24.4. The average Bonchev–Trinajstić information content (AvgIpc) is 2.75. The molecule has 0 saturated carbocycles. The third-order valence-electron chi connectivity index (χ3n) is 4.73. The van der Waals surface area contributed by atoms with Crippen LogP contribution in [0.5, 0.6) is 0 Å². The first kappa shape index (κ1) is 21.6. The van der Waals surface area contributed by atoms with Crippen LogP contribution in [0.1, 0.15) is 47.4 Å². The Morgan fingerprint density at radius 1 is 0.750 bits per heavy atom. The minimum atomic E-state index is -0.325. The van der Waals surface area contributed by atoms with E-state index in [1.165, 1.54) is 0 Å². The van der Waals surface area contributed by atoms with Gasteiger partial charge in [-0.15, -0.1) is 0 Å². The van der Waals surface area contributed by atoms with Crippen LogP contribution in [0.3, 0.4) is 0 Å². The number of amides is 2. The van der Waals surface area contributed by atoms with Crippen LogP contribution in [0.2, 0.25) is 0 Å². The summed E-state index contributed by atoms with van der Waals surface area (Å²) in [6.07, 6.45) is 1.23. The molecule has 0 aliphatic carbocycles. The SMILES string of the molecule is CC[C@H](CO)NC(=O)c1ccccc1-c1ccccc1C(=O)N[C@H](CC)CO. The van der Waals surface area contributed by atoms with Crippen LogP contribution in [0, 0.1) is 0 Å². The highest BCUT2D eigenvalue weighted by Gasteiger charge is 2.20. The molecule has 4 N–H and O–H groups in total. The lowest BCUT2D eigenvalue weighted by Gasteiger charge is -2.18. The first-order chi connectivity index (χ1) is 13.5. The smallest absolute Gasteiger partial charge is 0.252 e. The van der Waals surface area contributed by atoms with E-state index in [9.17, 15) is 19.8 Å². The fraction of sp³-hybridized carbons (Fsp3) is 0.364. The molecule has 150 valence electrons. The van der Waals surface area contributed by atoms with Gasteiger partial charge in [0.1, 0.15) is 0 Å². The van der Waals surface area contributed by atoms with Gasteiger partial charge in [0.25, 0.3) is 11.8 Å². The second-order valence-corrected chi connectivity index (χ2v) is 6.61. The molecule has 28 heavy (non-hydrogen) atoms. The van der Waals surface area contributed by atoms with E-state index < -0.39 is 0 Å². The van der Waals surface area contributed by atoms with E-state index in [1.807, 2.05) is 26.0 Å². The number of nitrogens with one attached hydrogen (secondary N) is 2. The third kappa shape index (κ3) is 5.18. The monoisotopic (exact) mass is 384 g/mol. The number of benzene rings is 2. The minimum Gasteiger partial charge on any atom is -0.394 e. The van der Waals surface area contributed by atoms with E-state index in [1.54, 1.807) is 36.4 Å². The maximum absolute atomic E-state index is 12.8. The molecule has 2 rings (SSSR count). The predicted octanol–water partition coefficient (Wildman–Crippen LogP) is 2.36. The number of rotatable bonds is 9. The van der Waals surface area contributed by atoms with Gasteiger partial charge in [0, 0.05) is 11.1 Å². The van der Waals surface area contributed by atoms with Crippen molar-refractivity contribution in [2.45, 2.75) is 38.8 Å². The fourth-order valence-electron chi connectivity index (χ4n) is 2.91. The molecule has 2 aromatic rings. The summed E-state index contributed by atoms with van der Waals surface area (Å²) >= 11 is 0. The highest BCUT2D eigenvalue weighted by molar-refractivity contribution is 6.06. The number of carbonyl (C=O) groups is 2. The molecule has 0 aromatic heterocycles. The van der Waals surface area contributed by atoms with Crippen molar-refractivity contribution in [2.75, 3.05) is 13.2 Å². The van der Waals surface area contributed by atoms with Crippen molar-refractivity contribution in [1.29, 1.82) is 0 Å². The quantitative estimate of drug-likeness (QED) is 0.533. The molecule has 0 radical (unpaired) electrons. The van der Waals surface area contributed by atoms with Gasteiger partial charge < -0.3 is 20.8 Å². The van der Waals surface area contributed by atoms with E-state index in [2.05, 4.69) is 10.6 Å². The summed E-state index contributed by atoms with van der Waals surface area (Å²) in [6, 6.07) is 13.5. The van der Waals surface area contributed by atoms with Crippen LogP contribution in [0.4, 0.5) is 0 Å². The zero-order valence-corrected chi connectivity index (χ0v) is 16.3. The maximum atomic E-state index is 12.8. The van der Waals surface area contributed by atoms with Gasteiger partial charge in [-0.1, -0.05) is 50.2 Å². The van der Waals surface area contributed by atoms with Crippen LogP contribution >= 0.6 is 0 Å². The predicted molar refractivity (Wildman–Crippen MR) is 109 cm³/mol. The van der Waals surface area contributed by atoms with Gasteiger partial charge in [-0.2, -0.15) is 0 Å². The highest BCUT2D eigenvalue weighted by atomic mass is 16.3. The second-order valence-electron chi connectivity index (χ2n) is 6.61. The van der Waals surface area contributed by atoms with E-state index in [-0.39, 0.29) is 37.1 Å². The minimum absolute atomic E-state index is 0.136. The van der Waals surface area contributed by atoms with Crippen molar-refractivity contribution in [3.05, 3.63) is 59.7 Å². The van der Waals surface area contributed by atoms with Crippen LogP contribution in [-0.2, 0) is 0 Å². The molecule has 0 unspecified atom stereocenters. The number of carbonyl (C=O) groups excluding carboxylic acids is 2. The molecule has 0 aliphatic heterocycles. The summed E-state index contributed by atoms with van der Waals surface area (Å²) in [6.45, 7) is 3.50. The molecule has 2 aromatic carbocycles. The Bertz CT molecular complexity index is 731. The number of hydrogen-bond acceptors (Lipinski definition) is 4. The summed E-state index contributed by atoms with van der Waals surface area (Å²) in [4.78, 5) is 25.5. The zero-order valence-electron chi connectivity index (χ0n) is 16.3. The molecule has 2 amide bonds. The Hall–Kier alpha value is -2.70. The second kappa shape index (κ2) is 10.6. The molecule has 0 fully saturated rings. The van der Waals surface area contributed by atoms with Gasteiger partial charge >= 0.3 is 0 Å². The van der Waals surface area contributed by atoms with Gasteiger partial charge in [0.05, 0.1) is 25.3 Å². The molecule has 0 aliphatic rings. The van der Waals surface area contributed by atoms with Crippen molar-refractivity contribution < 1.29 is 19.8 Å². The average molecular weight is 384 g/mol. The highest BCUT2D eigenvalue weighted by Crippen LogP contribution is 2.27. The van der Waals surface area contributed by atoms with Crippen molar-refractivity contribution in [2.24, 2.45) is 0 Å². The third-order valence-corrected chi connectivity index (χ3v) is 4.73. The van der Waals surface area contributed by atoms with Crippen LogP contribution < -0.4 is 10.6 Å². The van der Waals surface area contributed by atoms with E-state index in [4.69, 9.17) is 0 Å². The van der Waals surface area contributed by atoms with Gasteiger partial charge in [-0.05, 0) is 36.1 Å². The first-order valence-corrected chi connectivity index (χ1v) is 9.57. The molecule has 0 heterocycles. The van der Waals surface area contributed by atoms with Crippen LogP contribution in [0.25, 0.3) is 11.1 Å². The standard InChI is InChI=1S/C22H28N2O4/c1-3-15(13-25)23-21(27)19-11-7-5-9-17(19)18-10-6-8-12-20(18)22(28)24-16(4-2)14-26/h5-12,15-16,25-26H,3-4,13-14H2,1-2H3,(H,23,27)(H,24,28)/t15-,16-/m1/s1. The van der Waals surface area contributed by atoms with E-state index in [0.717, 1.165) is 0 Å². The Morgan fingerprint density at radius 3 is 1.43 bits per heavy atom. The van der Waals surface area contributed by atoms with E-state index in [0.29, 0.717) is 35.1 Å². The number of aliphatic hydroxyl groups is 2. The zero-order chi connectivity index (χ0) is 20.5. The molecular formula is C22H28N2O4. The molecule has 0 bridgehead atoms. The van der Waals surface area contributed by atoms with Crippen molar-refractivity contribution >= 4 is 11.8 Å². The summed E-state index contributed by atoms with van der Waals surface area (Å²) in [5.41, 5.74) is 2.14. The van der Waals surface area contributed by atoms with E-state index >= 15 is 0 Å². The summed E-state index contributed by atoms with van der Waals surface area (Å²) in [7, 11) is 0. The Balaban J connectivity index is 2.42. The lowest BCUT2D eigenvalue weighted by atomic mass is 9.94. The molecule has 6 nitrogen and oxygen atoms in total. The topological polar surface area (TPSA) is 98.7 Å². The largest absolute Gasteiger partial charge is 0.394 e. The van der Waals surface area contributed by atoms with Crippen molar-refractivity contribution in [3.8, 4) is 11.1 Å². The lowest BCUT2D eigenvalue weighted by molar-refractivity contribution is 0.0906. The van der Waals surface area contributed by atoms with Gasteiger partial charge in [-0.25, -0.2) is 0 Å². The molecule has 2 atom stereocenters. The maximum Gasteiger partial charge on any atom is 0.252 e. The number of aliphatic hydroxyl groups excluding tert-OH is 2. The molecule has 0 saturated heterocycles.